The molecule has 0 unspecified atom stereocenters. The zero-order chi connectivity index (χ0) is 37.7. The normalized spacial score (nSPS) is 11.5. The average Bonchev–Trinajstić information content (AvgIpc) is 3.65. The highest BCUT2D eigenvalue weighted by molar-refractivity contribution is 6.28. The molecule has 0 atom stereocenters. The summed E-state index contributed by atoms with van der Waals surface area (Å²) in [5.41, 5.74) is 10.9. The van der Waals surface area contributed by atoms with Crippen LogP contribution in [0.5, 0.6) is 0 Å². The number of rotatable bonds is 6. The van der Waals surface area contributed by atoms with Gasteiger partial charge in [-0.2, -0.15) is 0 Å². The first-order chi connectivity index (χ1) is 28.3. The Balaban J connectivity index is 1.04. The Morgan fingerprint density at radius 1 is 0.281 bits per heavy atom. The molecule has 2 heterocycles. The van der Waals surface area contributed by atoms with Crippen LogP contribution in [-0.2, 0) is 0 Å². The van der Waals surface area contributed by atoms with Gasteiger partial charge in [0.05, 0.1) is 16.7 Å². The van der Waals surface area contributed by atoms with Crippen LogP contribution in [0, 0.1) is 0 Å². The predicted molar refractivity (Wildman–Crippen MR) is 236 cm³/mol. The van der Waals surface area contributed by atoms with Gasteiger partial charge in [0.2, 0.25) is 0 Å². The quantitative estimate of drug-likeness (QED) is 0.171. The molecule has 0 radical (unpaired) electrons. The minimum Gasteiger partial charge on any atom is -0.309 e. The Morgan fingerprint density at radius 3 is 1.21 bits per heavy atom. The summed E-state index contributed by atoms with van der Waals surface area (Å²) in [6, 6.07) is 72.8. The molecule has 0 N–H and O–H groups in total. The van der Waals surface area contributed by atoms with Crippen molar-refractivity contribution in [2.24, 2.45) is 0 Å². The summed E-state index contributed by atoms with van der Waals surface area (Å²) in [7, 11) is 0. The molecule has 0 amide bonds. The van der Waals surface area contributed by atoms with E-state index in [0.717, 1.165) is 39.1 Å². The molecule has 4 nitrogen and oxygen atoms in total. The molecule has 0 saturated heterocycles. The van der Waals surface area contributed by atoms with Gasteiger partial charge in [0.25, 0.3) is 0 Å². The van der Waals surface area contributed by atoms with Crippen molar-refractivity contribution in [3.63, 3.8) is 0 Å². The molecule has 266 valence electrons. The van der Waals surface area contributed by atoms with Gasteiger partial charge in [0.15, 0.2) is 17.5 Å². The second-order valence-corrected chi connectivity index (χ2v) is 14.4. The number of hydrogen-bond acceptors (Lipinski definition) is 3. The van der Waals surface area contributed by atoms with Gasteiger partial charge in [-0.25, -0.2) is 15.0 Å². The molecule has 57 heavy (non-hydrogen) atoms. The number of aromatic nitrogens is 4. The van der Waals surface area contributed by atoms with Crippen molar-refractivity contribution in [1.82, 2.24) is 19.5 Å². The lowest BCUT2D eigenvalue weighted by atomic mass is 10.00. The number of benzene rings is 9. The molecule has 0 saturated carbocycles. The number of fused-ring (bicyclic) bond motifs is 7. The zero-order valence-corrected chi connectivity index (χ0v) is 30.9. The fourth-order valence-electron chi connectivity index (χ4n) is 8.31. The topological polar surface area (TPSA) is 43.6 Å². The van der Waals surface area contributed by atoms with Crippen molar-refractivity contribution in [2.75, 3.05) is 0 Å². The molecule has 0 bridgehead atoms. The summed E-state index contributed by atoms with van der Waals surface area (Å²) < 4.78 is 2.44. The van der Waals surface area contributed by atoms with E-state index in [2.05, 4.69) is 174 Å². The van der Waals surface area contributed by atoms with E-state index in [9.17, 15) is 0 Å². The van der Waals surface area contributed by atoms with E-state index < -0.39 is 0 Å². The van der Waals surface area contributed by atoms with Crippen LogP contribution in [0.3, 0.4) is 0 Å². The number of hydrogen-bond donors (Lipinski definition) is 0. The fourth-order valence-corrected chi connectivity index (χ4v) is 8.31. The molecule has 0 aliphatic heterocycles. The molecule has 2 aromatic heterocycles. The Labute approximate surface area is 330 Å². The van der Waals surface area contributed by atoms with Crippen molar-refractivity contribution in [2.45, 2.75) is 0 Å². The molecule has 9 aromatic carbocycles. The first-order valence-corrected chi connectivity index (χ1v) is 19.3. The van der Waals surface area contributed by atoms with Crippen LogP contribution in [0.25, 0.3) is 105 Å². The van der Waals surface area contributed by atoms with Gasteiger partial charge in [-0.15, -0.1) is 0 Å². The van der Waals surface area contributed by atoms with Crippen molar-refractivity contribution in [3.8, 4) is 62.1 Å². The molecular formula is C53H34N4. The van der Waals surface area contributed by atoms with Crippen LogP contribution in [0.2, 0.25) is 0 Å². The smallest absolute Gasteiger partial charge is 0.164 e. The third kappa shape index (κ3) is 5.66. The summed E-state index contributed by atoms with van der Waals surface area (Å²) >= 11 is 0. The molecule has 4 heteroatoms. The molecular weight excluding hydrogens is 693 g/mol. The van der Waals surface area contributed by atoms with Crippen LogP contribution in [-0.4, -0.2) is 19.5 Å². The largest absolute Gasteiger partial charge is 0.309 e. The lowest BCUT2D eigenvalue weighted by molar-refractivity contribution is 1.07. The SMILES string of the molecule is c1ccc(-c2ccc(-c3nc(-c4ccccc4)nc(-c4ccc(-c5ccccc5-n5c6ccc7ccccc7c6c6c7ccccc7ccc65)cc4)n3)cc2)cc1. The van der Waals surface area contributed by atoms with Gasteiger partial charge >= 0.3 is 0 Å². The predicted octanol–water partition coefficient (Wildman–Crippen LogP) is 13.6. The van der Waals surface area contributed by atoms with E-state index in [4.69, 9.17) is 15.0 Å². The summed E-state index contributed by atoms with van der Waals surface area (Å²) in [4.78, 5) is 15.0. The van der Waals surface area contributed by atoms with Crippen LogP contribution in [0.4, 0.5) is 0 Å². The Bertz CT molecular complexity index is 3170. The molecule has 0 fully saturated rings. The average molecular weight is 727 g/mol. The first-order valence-electron chi connectivity index (χ1n) is 19.3. The molecule has 0 aliphatic carbocycles. The van der Waals surface area contributed by atoms with E-state index in [1.807, 2.05) is 36.4 Å². The third-order valence-electron chi connectivity index (χ3n) is 11.1. The van der Waals surface area contributed by atoms with Crippen molar-refractivity contribution in [3.05, 3.63) is 206 Å². The molecule has 11 aromatic rings. The van der Waals surface area contributed by atoms with Crippen molar-refractivity contribution in [1.29, 1.82) is 0 Å². The number of nitrogens with zero attached hydrogens (tertiary/aromatic N) is 4. The van der Waals surface area contributed by atoms with E-state index in [1.165, 1.54) is 48.9 Å². The minimum atomic E-state index is 0.631. The van der Waals surface area contributed by atoms with Gasteiger partial charge in [-0.05, 0) is 56.4 Å². The van der Waals surface area contributed by atoms with Crippen molar-refractivity contribution >= 4 is 43.4 Å². The van der Waals surface area contributed by atoms with Crippen LogP contribution >= 0.6 is 0 Å². The lowest BCUT2D eigenvalue weighted by Gasteiger charge is -2.15. The molecule has 11 rings (SSSR count). The highest BCUT2D eigenvalue weighted by Crippen LogP contribution is 2.42. The first kappa shape index (κ1) is 32.7. The maximum atomic E-state index is 5.05. The monoisotopic (exact) mass is 726 g/mol. The maximum absolute atomic E-state index is 5.05. The van der Waals surface area contributed by atoms with E-state index >= 15 is 0 Å². The second-order valence-electron chi connectivity index (χ2n) is 14.4. The fraction of sp³-hybridized carbons (Fsp3) is 0. The van der Waals surface area contributed by atoms with Crippen LogP contribution < -0.4 is 0 Å². The summed E-state index contributed by atoms with van der Waals surface area (Å²) in [5, 5.41) is 7.55. The molecule has 0 spiro atoms. The van der Waals surface area contributed by atoms with E-state index in [1.54, 1.807) is 0 Å². The highest BCUT2D eigenvalue weighted by atomic mass is 15.0. The van der Waals surface area contributed by atoms with Crippen LogP contribution in [0.15, 0.2) is 206 Å². The summed E-state index contributed by atoms with van der Waals surface area (Å²) in [5.74, 6) is 1.91. The maximum Gasteiger partial charge on any atom is 0.164 e. The standard InChI is InChI=1S/C53H34N4/c1-3-13-35(14-4-1)36-23-27-41(28-24-36)52-54-51(40-17-5-2-6-18-40)55-53(56-52)42-29-25-39(26-30-42)43-19-11-12-22-46(43)57-47-33-31-37-15-7-9-20-44(37)49(47)50-45-21-10-8-16-38(45)32-34-48(50)57/h1-34H. The molecule has 0 aliphatic rings. The summed E-state index contributed by atoms with van der Waals surface area (Å²) in [6.45, 7) is 0. The summed E-state index contributed by atoms with van der Waals surface area (Å²) in [6.07, 6.45) is 0. The van der Waals surface area contributed by atoms with E-state index in [-0.39, 0.29) is 0 Å². The Morgan fingerprint density at radius 2 is 0.667 bits per heavy atom. The number of para-hydroxylation sites is 1. The Kier molecular flexibility index (Phi) is 7.78. The van der Waals surface area contributed by atoms with Gasteiger partial charge in [0.1, 0.15) is 0 Å². The van der Waals surface area contributed by atoms with Gasteiger partial charge in [-0.1, -0.05) is 188 Å². The second kappa shape index (κ2) is 13.6. The minimum absolute atomic E-state index is 0.631. The Hall–Kier alpha value is -7.69. The van der Waals surface area contributed by atoms with Gasteiger partial charge in [0, 0.05) is 33.0 Å². The van der Waals surface area contributed by atoms with E-state index in [0.29, 0.717) is 17.5 Å². The lowest BCUT2D eigenvalue weighted by Crippen LogP contribution is -2.00. The zero-order valence-electron chi connectivity index (χ0n) is 30.9. The van der Waals surface area contributed by atoms with Gasteiger partial charge < -0.3 is 4.57 Å². The van der Waals surface area contributed by atoms with Gasteiger partial charge in [-0.3, -0.25) is 0 Å². The highest BCUT2D eigenvalue weighted by Gasteiger charge is 2.20. The van der Waals surface area contributed by atoms with Crippen molar-refractivity contribution < 1.29 is 0 Å². The third-order valence-corrected chi connectivity index (χ3v) is 11.1. The van der Waals surface area contributed by atoms with Crippen LogP contribution in [0.1, 0.15) is 0 Å².